The van der Waals surface area contributed by atoms with Crippen LogP contribution in [0, 0.1) is 11.3 Å². The molecule has 0 aliphatic heterocycles. The lowest BCUT2D eigenvalue weighted by molar-refractivity contribution is -0.115. The number of benzene rings is 3. The zero-order valence-electron chi connectivity index (χ0n) is 21.2. The van der Waals surface area contributed by atoms with E-state index >= 15 is 0 Å². The lowest BCUT2D eigenvalue weighted by atomic mass is 10.1. The highest BCUT2D eigenvalue weighted by molar-refractivity contribution is 6.99. The maximum Gasteiger partial charge on any atom is 0.261 e. The molecular weight excluding hydrogens is 452 g/mol. The first-order valence-electron chi connectivity index (χ1n) is 12.3. The Morgan fingerprint density at radius 1 is 0.914 bits per heavy atom. The van der Waals surface area contributed by atoms with Gasteiger partial charge < -0.3 is 18.7 Å². The number of hydrogen-bond acceptors (Lipinski definition) is 4. The van der Waals surface area contributed by atoms with Gasteiger partial charge in [0.1, 0.15) is 12.0 Å². The highest BCUT2D eigenvalue weighted by Gasteiger charge is 2.57. The van der Waals surface area contributed by atoms with Crippen molar-refractivity contribution in [1.82, 2.24) is 0 Å². The molecule has 1 aliphatic rings. The molecule has 0 bridgehead atoms. The Kier molecular flexibility index (Phi) is 7.60. The number of rotatable bonds is 11. The minimum absolute atomic E-state index is 0.0840. The summed E-state index contributed by atoms with van der Waals surface area (Å²) in [6.45, 7) is 8.27. The standard InChI is InChI=1S/C30H36O4Si/c1-29(2,3)35(27-11-7-5-8-12-27,28-13-9-6-10-14-28)34-21-25-19-30(25,22-31)23-33-20-24-15-17-26(32-4)18-16-24/h5-18,22,25H,19-21,23H2,1-4H3/t25-,30+/m1/s1. The van der Waals surface area contributed by atoms with Crippen LogP contribution < -0.4 is 15.1 Å². The van der Waals surface area contributed by atoms with Crippen molar-refractivity contribution >= 4 is 25.0 Å². The van der Waals surface area contributed by atoms with Gasteiger partial charge in [-0.05, 0) is 45.4 Å². The summed E-state index contributed by atoms with van der Waals surface area (Å²) >= 11 is 0. The van der Waals surface area contributed by atoms with E-state index in [2.05, 4.69) is 81.4 Å². The fourth-order valence-corrected chi connectivity index (χ4v) is 9.65. The molecule has 1 fully saturated rings. The molecule has 0 N–H and O–H groups in total. The Hall–Kier alpha value is -2.73. The van der Waals surface area contributed by atoms with Crippen LogP contribution in [0.2, 0.25) is 5.04 Å². The minimum Gasteiger partial charge on any atom is -0.497 e. The van der Waals surface area contributed by atoms with Gasteiger partial charge in [0.2, 0.25) is 0 Å². The van der Waals surface area contributed by atoms with Crippen LogP contribution >= 0.6 is 0 Å². The number of carbonyl (C=O) groups is 1. The van der Waals surface area contributed by atoms with Gasteiger partial charge in [0.05, 0.1) is 25.7 Å². The highest BCUT2D eigenvalue weighted by atomic mass is 28.4. The number of carbonyl (C=O) groups excluding carboxylic acids is 1. The summed E-state index contributed by atoms with van der Waals surface area (Å²) in [5.74, 6) is 0.985. The lowest BCUT2D eigenvalue weighted by Crippen LogP contribution is -2.66. The Morgan fingerprint density at radius 3 is 1.97 bits per heavy atom. The second-order valence-corrected chi connectivity index (χ2v) is 14.9. The Labute approximate surface area is 210 Å². The van der Waals surface area contributed by atoms with Crippen LogP contribution in [-0.4, -0.2) is 34.9 Å². The van der Waals surface area contributed by atoms with Crippen molar-refractivity contribution in [3.8, 4) is 5.75 Å². The molecule has 0 heterocycles. The average molecular weight is 489 g/mol. The second kappa shape index (κ2) is 10.5. The topological polar surface area (TPSA) is 44.8 Å². The van der Waals surface area contributed by atoms with Crippen LogP contribution in [0.1, 0.15) is 32.8 Å². The molecule has 0 saturated heterocycles. The van der Waals surface area contributed by atoms with Crippen LogP contribution in [0.3, 0.4) is 0 Å². The summed E-state index contributed by atoms with van der Waals surface area (Å²) < 4.78 is 18.3. The molecular formula is C30H36O4Si. The Morgan fingerprint density at radius 2 is 1.49 bits per heavy atom. The second-order valence-electron chi connectivity index (χ2n) is 10.6. The molecule has 2 atom stereocenters. The molecule has 4 rings (SSSR count). The summed E-state index contributed by atoms with van der Waals surface area (Å²) in [5, 5.41) is 2.43. The van der Waals surface area contributed by atoms with Crippen molar-refractivity contribution in [2.24, 2.45) is 11.3 Å². The molecule has 0 radical (unpaired) electrons. The van der Waals surface area contributed by atoms with Gasteiger partial charge in [-0.1, -0.05) is 93.6 Å². The molecule has 1 saturated carbocycles. The van der Waals surface area contributed by atoms with E-state index in [0.717, 1.165) is 24.0 Å². The molecule has 0 spiro atoms. The van der Waals surface area contributed by atoms with E-state index in [4.69, 9.17) is 13.9 Å². The molecule has 5 heteroatoms. The molecule has 0 unspecified atom stereocenters. The van der Waals surface area contributed by atoms with Gasteiger partial charge in [-0.15, -0.1) is 0 Å². The summed E-state index contributed by atoms with van der Waals surface area (Å²) in [4.78, 5) is 12.1. The largest absolute Gasteiger partial charge is 0.497 e. The Bertz CT molecular complexity index is 1050. The molecule has 0 aromatic heterocycles. The molecule has 3 aromatic rings. The van der Waals surface area contributed by atoms with Gasteiger partial charge >= 0.3 is 0 Å². The minimum atomic E-state index is -2.61. The maximum absolute atomic E-state index is 12.1. The number of hydrogen-bond donors (Lipinski definition) is 0. The van der Waals surface area contributed by atoms with E-state index in [1.165, 1.54) is 10.4 Å². The van der Waals surface area contributed by atoms with Crippen molar-refractivity contribution in [3.05, 3.63) is 90.5 Å². The summed E-state index contributed by atoms with van der Waals surface area (Å²) in [5.41, 5.74) is 0.602. The van der Waals surface area contributed by atoms with Gasteiger partial charge in [-0.25, -0.2) is 0 Å². The molecule has 35 heavy (non-hydrogen) atoms. The van der Waals surface area contributed by atoms with Crippen LogP contribution in [0.4, 0.5) is 0 Å². The average Bonchev–Trinajstić information content (AvgIpc) is 3.58. The van der Waals surface area contributed by atoms with Crippen molar-refractivity contribution in [3.63, 3.8) is 0 Å². The van der Waals surface area contributed by atoms with Crippen molar-refractivity contribution in [2.75, 3.05) is 20.3 Å². The van der Waals surface area contributed by atoms with Gasteiger partial charge in [-0.3, -0.25) is 0 Å². The van der Waals surface area contributed by atoms with Crippen LogP contribution in [0.15, 0.2) is 84.9 Å². The third-order valence-corrected chi connectivity index (χ3v) is 12.2. The van der Waals surface area contributed by atoms with Gasteiger partial charge in [0.25, 0.3) is 8.32 Å². The molecule has 1 aliphatic carbocycles. The fourth-order valence-electron chi connectivity index (χ4n) is 5.05. The van der Waals surface area contributed by atoms with E-state index in [9.17, 15) is 4.79 Å². The van der Waals surface area contributed by atoms with Crippen molar-refractivity contribution < 1.29 is 18.7 Å². The number of methoxy groups -OCH3 is 1. The first kappa shape index (κ1) is 25.4. The van der Waals surface area contributed by atoms with Gasteiger partial charge in [0.15, 0.2) is 0 Å². The van der Waals surface area contributed by atoms with Gasteiger partial charge in [0, 0.05) is 6.61 Å². The zero-order chi connectivity index (χ0) is 24.9. The summed E-state index contributed by atoms with van der Waals surface area (Å²) in [6, 6.07) is 29.1. The van der Waals surface area contributed by atoms with E-state index < -0.39 is 13.7 Å². The normalized spacial score (nSPS) is 19.8. The first-order chi connectivity index (χ1) is 16.8. The maximum atomic E-state index is 12.1. The van der Waals surface area contributed by atoms with Crippen molar-refractivity contribution in [2.45, 2.75) is 38.8 Å². The third-order valence-electron chi connectivity index (χ3n) is 7.23. The smallest absolute Gasteiger partial charge is 0.261 e. The first-order valence-corrected chi connectivity index (χ1v) is 14.2. The number of aldehydes is 1. The Balaban J connectivity index is 1.48. The molecule has 4 nitrogen and oxygen atoms in total. The predicted molar refractivity (Wildman–Crippen MR) is 143 cm³/mol. The van der Waals surface area contributed by atoms with Crippen LogP contribution in [0.5, 0.6) is 5.75 Å². The quantitative estimate of drug-likeness (QED) is 0.282. The monoisotopic (exact) mass is 488 g/mol. The van der Waals surface area contributed by atoms with E-state index in [1.807, 2.05) is 24.3 Å². The van der Waals surface area contributed by atoms with E-state index in [1.54, 1.807) is 7.11 Å². The summed E-state index contributed by atoms with van der Waals surface area (Å²) in [6.07, 6.45) is 1.89. The van der Waals surface area contributed by atoms with Gasteiger partial charge in [-0.2, -0.15) is 0 Å². The fraction of sp³-hybridized carbons (Fsp3) is 0.367. The SMILES string of the molecule is COc1ccc(COC[C@@]2(C=O)C[C@@H]2CO[Si](c2ccccc2)(c2ccccc2)C(C)(C)C)cc1. The third kappa shape index (κ3) is 5.27. The van der Waals surface area contributed by atoms with Crippen LogP contribution in [-0.2, 0) is 20.6 Å². The van der Waals surface area contributed by atoms with Crippen molar-refractivity contribution in [1.29, 1.82) is 0 Å². The highest BCUT2D eigenvalue weighted by Crippen LogP contribution is 2.52. The van der Waals surface area contributed by atoms with Crippen LogP contribution in [0.25, 0.3) is 0 Å². The van der Waals surface area contributed by atoms with E-state index in [-0.39, 0.29) is 11.0 Å². The molecule has 3 aromatic carbocycles. The lowest BCUT2D eigenvalue weighted by Gasteiger charge is -2.43. The molecule has 0 amide bonds. The van der Waals surface area contributed by atoms with E-state index in [0.29, 0.717) is 19.8 Å². The predicted octanol–water partition coefficient (Wildman–Crippen LogP) is 4.99. The molecule has 184 valence electrons. The number of ether oxygens (including phenoxy) is 2. The summed E-state index contributed by atoms with van der Waals surface area (Å²) in [7, 11) is -0.955. The zero-order valence-corrected chi connectivity index (χ0v) is 22.2.